The van der Waals surface area contributed by atoms with Gasteiger partial charge in [-0.15, -0.1) is 0 Å². The van der Waals surface area contributed by atoms with Crippen molar-refractivity contribution < 1.29 is 47.8 Å². The minimum absolute atomic E-state index is 0.155. The van der Waals surface area contributed by atoms with E-state index in [1.165, 1.54) is 38.5 Å². The maximum atomic E-state index is 12.5. The first-order chi connectivity index (χ1) is 24.7. The third-order valence-corrected chi connectivity index (χ3v) is 8.70. The second-order valence-corrected chi connectivity index (χ2v) is 14.1. The molecule has 0 spiro atoms. The molecule has 0 radical (unpaired) electrons. The average molecular weight is 741 g/mol. The summed E-state index contributed by atoms with van der Waals surface area (Å²) in [4.78, 5) is 34.8. The Labute approximate surface area is 308 Å². The number of carbonyl (C=O) groups is 2. The monoisotopic (exact) mass is 740 g/mol. The number of phosphoric ester groups is 1. The van der Waals surface area contributed by atoms with Crippen molar-refractivity contribution in [3.63, 3.8) is 0 Å². The van der Waals surface area contributed by atoms with Crippen LogP contribution in [0.25, 0.3) is 0 Å². The number of allylic oxidation sites excluding steroid dienone is 10. The highest BCUT2D eigenvalue weighted by molar-refractivity contribution is 7.47. The molecular weight excluding hydrogens is 671 g/mol. The zero-order chi connectivity index (χ0) is 37.7. The Morgan fingerprint density at radius 2 is 1.10 bits per heavy atom. The number of unbranched alkanes of at least 4 members (excludes halogenated alkanes) is 14. The van der Waals surface area contributed by atoms with Crippen molar-refractivity contribution >= 4 is 19.8 Å². The highest BCUT2D eigenvalue weighted by atomic mass is 31.2. The van der Waals surface area contributed by atoms with Gasteiger partial charge in [0.25, 0.3) is 0 Å². The molecule has 1 unspecified atom stereocenters. The molecular formula is C40H69O10P. The molecule has 3 atom stereocenters. The van der Waals surface area contributed by atoms with Crippen molar-refractivity contribution in [2.24, 2.45) is 0 Å². The van der Waals surface area contributed by atoms with Crippen molar-refractivity contribution in [3.8, 4) is 0 Å². The standard InChI is InChI=1S/C40H69O10P/c1-3-5-7-9-11-13-15-17-18-20-21-23-25-27-29-31-39(43)47-35-38(36-49-51(45,46)48-34-37(42)33-41)50-40(44)32-30-28-26-24-22-19-16-14-12-10-8-6-4-2/h5,7,9,11,13,15,17-19,22,37-38,41-42H,3-4,6,8,10,12,14,16,20-21,23-36H2,1-2H3,(H,45,46)/b7-5+,11-9+,15-13+,18-17+,22-19+/t37-,38+/m0/s1. The van der Waals surface area contributed by atoms with Crippen LogP contribution >= 0.6 is 7.82 Å². The Bertz CT molecular complexity index is 1040. The summed E-state index contributed by atoms with van der Waals surface area (Å²) in [5.41, 5.74) is 0. The third-order valence-electron chi connectivity index (χ3n) is 7.75. The predicted octanol–water partition coefficient (Wildman–Crippen LogP) is 9.55. The predicted molar refractivity (Wildman–Crippen MR) is 205 cm³/mol. The molecule has 0 aliphatic heterocycles. The maximum Gasteiger partial charge on any atom is 0.472 e. The number of aliphatic hydroxyl groups is 2. The number of rotatable bonds is 35. The first kappa shape index (κ1) is 48.7. The minimum Gasteiger partial charge on any atom is -0.462 e. The van der Waals surface area contributed by atoms with E-state index in [0.717, 1.165) is 64.2 Å². The van der Waals surface area contributed by atoms with Gasteiger partial charge in [0.15, 0.2) is 6.10 Å². The van der Waals surface area contributed by atoms with Gasteiger partial charge in [-0.3, -0.25) is 18.6 Å². The smallest absolute Gasteiger partial charge is 0.462 e. The van der Waals surface area contributed by atoms with Crippen LogP contribution in [0.4, 0.5) is 0 Å². The van der Waals surface area contributed by atoms with Crippen molar-refractivity contribution in [1.29, 1.82) is 0 Å². The maximum absolute atomic E-state index is 12.5. The molecule has 0 heterocycles. The van der Waals surface area contributed by atoms with E-state index >= 15 is 0 Å². The van der Waals surface area contributed by atoms with Gasteiger partial charge in [-0.05, 0) is 57.8 Å². The summed E-state index contributed by atoms with van der Waals surface area (Å²) in [6, 6.07) is 0. The van der Waals surface area contributed by atoms with Crippen LogP contribution in [0, 0.1) is 0 Å². The summed E-state index contributed by atoms with van der Waals surface area (Å²) in [7, 11) is -4.62. The fourth-order valence-corrected chi connectivity index (χ4v) is 5.55. The van der Waals surface area contributed by atoms with Gasteiger partial charge in [-0.1, -0.05) is 132 Å². The Morgan fingerprint density at radius 1 is 0.608 bits per heavy atom. The van der Waals surface area contributed by atoms with E-state index in [1.54, 1.807) is 0 Å². The lowest BCUT2D eigenvalue weighted by Gasteiger charge is -2.20. The quantitative estimate of drug-likeness (QED) is 0.0189. The number of hydrogen-bond donors (Lipinski definition) is 3. The fraction of sp³-hybridized carbons (Fsp3) is 0.700. The van der Waals surface area contributed by atoms with Crippen molar-refractivity contribution in [3.05, 3.63) is 60.8 Å². The fourth-order valence-electron chi connectivity index (χ4n) is 4.76. The van der Waals surface area contributed by atoms with E-state index in [9.17, 15) is 24.2 Å². The third kappa shape index (κ3) is 35.8. The minimum atomic E-state index is -4.62. The van der Waals surface area contributed by atoms with E-state index in [4.69, 9.17) is 19.1 Å². The highest BCUT2D eigenvalue weighted by Crippen LogP contribution is 2.43. The summed E-state index contributed by atoms with van der Waals surface area (Å²) in [5, 5.41) is 18.3. The first-order valence-electron chi connectivity index (χ1n) is 19.3. The molecule has 0 bridgehead atoms. The zero-order valence-corrected chi connectivity index (χ0v) is 32.4. The van der Waals surface area contributed by atoms with Gasteiger partial charge in [-0.2, -0.15) is 0 Å². The van der Waals surface area contributed by atoms with Crippen molar-refractivity contribution in [2.45, 2.75) is 154 Å². The van der Waals surface area contributed by atoms with Crippen LogP contribution in [0.15, 0.2) is 60.8 Å². The van der Waals surface area contributed by atoms with Crippen LogP contribution < -0.4 is 0 Å². The van der Waals surface area contributed by atoms with E-state index in [-0.39, 0.29) is 19.4 Å². The number of aliphatic hydroxyl groups excluding tert-OH is 2. The summed E-state index contributed by atoms with van der Waals surface area (Å²) in [5.74, 6) is -0.978. The van der Waals surface area contributed by atoms with Crippen molar-refractivity contribution in [1.82, 2.24) is 0 Å². The normalized spacial score (nSPS) is 14.7. The van der Waals surface area contributed by atoms with Gasteiger partial charge >= 0.3 is 19.8 Å². The van der Waals surface area contributed by atoms with Gasteiger partial charge in [0.05, 0.1) is 19.8 Å². The Kier molecular flexibility index (Phi) is 34.4. The van der Waals surface area contributed by atoms with Gasteiger partial charge < -0.3 is 24.6 Å². The lowest BCUT2D eigenvalue weighted by molar-refractivity contribution is -0.161. The number of carbonyl (C=O) groups excluding carboxylic acids is 2. The second kappa shape index (κ2) is 36.0. The molecule has 51 heavy (non-hydrogen) atoms. The molecule has 10 nitrogen and oxygen atoms in total. The molecule has 0 fully saturated rings. The van der Waals surface area contributed by atoms with Gasteiger partial charge in [-0.25, -0.2) is 4.57 Å². The Morgan fingerprint density at radius 3 is 1.71 bits per heavy atom. The van der Waals surface area contributed by atoms with Gasteiger partial charge in [0.1, 0.15) is 12.7 Å². The van der Waals surface area contributed by atoms with Crippen LogP contribution in [0.3, 0.4) is 0 Å². The topological polar surface area (TPSA) is 149 Å². The Hall–Kier alpha value is -2.33. The first-order valence-corrected chi connectivity index (χ1v) is 20.8. The van der Waals surface area contributed by atoms with E-state index in [0.29, 0.717) is 12.8 Å². The number of ether oxygens (including phenoxy) is 2. The van der Waals surface area contributed by atoms with E-state index < -0.39 is 51.8 Å². The average Bonchev–Trinajstić information content (AvgIpc) is 3.12. The van der Waals surface area contributed by atoms with E-state index in [1.807, 2.05) is 36.5 Å². The molecule has 0 saturated carbocycles. The lowest BCUT2D eigenvalue weighted by atomic mass is 10.1. The molecule has 0 rings (SSSR count). The highest BCUT2D eigenvalue weighted by Gasteiger charge is 2.27. The molecule has 0 amide bonds. The SMILES string of the molecule is CC/C=C/C=C/C=C/C=C/CCCCCCCC(=O)OC[C@H](COP(=O)(O)OC[C@@H](O)CO)OC(=O)CCCCC/C=C/CCCCCCCC. The Balaban J connectivity index is 4.44. The number of hydrogen-bond acceptors (Lipinski definition) is 9. The van der Waals surface area contributed by atoms with Crippen LogP contribution in [0.2, 0.25) is 0 Å². The molecule has 3 N–H and O–H groups in total. The summed E-state index contributed by atoms with van der Waals surface area (Å²) >= 11 is 0. The summed E-state index contributed by atoms with van der Waals surface area (Å²) < 4.78 is 32.5. The summed E-state index contributed by atoms with van der Waals surface area (Å²) in [6.07, 6.45) is 37.6. The zero-order valence-electron chi connectivity index (χ0n) is 31.5. The molecule has 0 aliphatic rings. The summed E-state index contributed by atoms with van der Waals surface area (Å²) in [6.45, 7) is 2.16. The van der Waals surface area contributed by atoms with Crippen LogP contribution in [-0.4, -0.2) is 65.7 Å². The second-order valence-electron chi connectivity index (χ2n) is 12.7. The van der Waals surface area contributed by atoms with Crippen LogP contribution in [0.1, 0.15) is 142 Å². The molecule has 0 aromatic heterocycles. The largest absolute Gasteiger partial charge is 0.472 e. The molecule has 0 saturated heterocycles. The van der Waals surface area contributed by atoms with Crippen LogP contribution in [-0.2, 0) is 32.7 Å². The molecule has 11 heteroatoms. The van der Waals surface area contributed by atoms with Gasteiger partial charge in [0.2, 0.25) is 0 Å². The lowest BCUT2D eigenvalue weighted by Crippen LogP contribution is -2.29. The number of phosphoric acid groups is 1. The molecule has 294 valence electrons. The van der Waals surface area contributed by atoms with E-state index in [2.05, 4.69) is 42.7 Å². The van der Waals surface area contributed by atoms with Crippen molar-refractivity contribution in [2.75, 3.05) is 26.4 Å². The molecule has 0 aromatic rings. The molecule has 0 aromatic carbocycles. The van der Waals surface area contributed by atoms with Crippen LogP contribution in [0.5, 0.6) is 0 Å². The number of esters is 2. The molecule has 0 aliphatic carbocycles. The van der Waals surface area contributed by atoms with Gasteiger partial charge in [0, 0.05) is 12.8 Å².